The van der Waals surface area contributed by atoms with Gasteiger partial charge in [-0.1, -0.05) is 18.2 Å². The number of H-pyrrole nitrogens is 1. The maximum Gasteiger partial charge on any atom is 0.328 e. The van der Waals surface area contributed by atoms with E-state index >= 15 is 0 Å². The Morgan fingerprint density at radius 2 is 2.28 bits per heavy atom. The quantitative estimate of drug-likeness (QED) is 0.610. The maximum absolute atomic E-state index is 11.5. The van der Waals surface area contributed by atoms with Crippen molar-refractivity contribution in [2.75, 3.05) is 7.11 Å². The second-order valence-corrected chi connectivity index (χ2v) is 3.92. The summed E-state index contributed by atoms with van der Waals surface area (Å²) in [5.74, 6) is -0.451. The van der Waals surface area contributed by atoms with Crippen molar-refractivity contribution in [3.8, 4) is 0 Å². The molecule has 0 fully saturated rings. The first-order valence-electron chi connectivity index (χ1n) is 5.58. The average molecular weight is 246 g/mol. The Kier molecular flexibility index (Phi) is 3.62. The van der Waals surface area contributed by atoms with E-state index in [0.29, 0.717) is 12.8 Å². The number of benzene rings is 1. The van der Waals surface area contributed by atoms with Crippen LogP contribution in [0.25, 0.3) is 10.9 Å². The van der Waals surface area contributed by atoms with Gasteiger partial charge in [-0.3, -0.25) is 4.79 Å². The third-order valence-electron chi connectivity index (χ3n) is 2.85. The Bertz CT molecular complexity index is 562. The van der Waals surface area contributed by atoms with Crippen LogP contribution in [-0.2, 0) is 20.7 Å². The van der Waals surface area contributed by atoms with Gasteiger partial charge in [-0.15, -0.1) is 0 Å². The van der Waals surface area contributed by atoms with Crippen molar-refractivity contribution < 1.29 is 14.3 Å². The summed E-state index contributed by atoms with van der Waals surface area (Å²) >= 11 is 0. The van der Waals surface area contributed by atoms with Crippen molar-refractivity contribution in [3.05, 3.63) is 36.0 Å². The number of fused-ring (bicyclic) bond motifs is 1. The molecule has 0 bridgehead atoms. The van der Waals surface area contributed by atoms with Crippen molar-refractivity contribution in [1.29, 1.82) is 0 Å². The summed E-state index contributed by atoms with van der Waals surface area (Å²) in [5, 5.41) is 3.51. The van der Waals surface area contributed by atoms with Crippen molar-refractivity contribution in [2.24, 2.45) is 0 Å². The summed E-state index contributed by atoms with van der Waals surface area (Å²) in [7, 11) is 1.30. The minimum absolute atomic E-state index is 0.398. The van der Waals surface area contributed by atoms with Gasteiger partial charge in [-0.05, 0) is 11.6 Å². The van der Waals surface area contributed by atoms with Crippen LogP contribution in [0.2, 0.25) is 0 Å². The Balaban J connectivity index is 2.25. The van der Waals surface area contributed by atoms with Crippen LogP contribution in [0.4, 0.5) is 0 Å². The number of amides is 1. The summed E-state index contributed by atoms with van der Waals surface area (Å²) in [5.41, 5.74) is 1.97. The number of hydrogen-bond donors (Lipinski definition) is 2. The molecule has 1 amide bonds. The fourth-order valence-electron chi connectivity index (χ4n) is 1.96. The van der Waals surface area contributed by atoms with Crippen LogP contribution in [0, 0.1) is 0 Å². The van der Waals surface area contributed by atoms with Crippen LogP contribution >= 0.6 is 0 Å². The number of rotatable bonds is 5. The third-order valence-corrected chi connectivity index (χ3v) is 2.85. The Morgan fingerprint density at radius 3 is 3.00 bits per heavy atom. The zero-order chi connectivity index (χ0) is 13.0. The molecule has 1 atom stereocenters. The van der Waals surface area contributed by atoms with Crippen LogP contribution in [0.1, 0.15) is 5.56 Å². The summed E-state index contributed by atoms with van der Waals surface area (Å²) in [6.07, 6.45) is 2.75. The first-order valence-corrected chi connectivity index (χ1v) is 5.58. The number of aromatic nitrogens is 1. The lowest BCUT2D eigenvalue weighted by Crippen LogP contribution is -2.38. The first-order chi connectivity index (χ1) is 8.76. The number of hydrogen-bond acceptors (Lipinski definition) is 3. The number of methoxy groups -OCH3 is 1. The fraction of sp³-hybridized carbons (Fsp3) is 0.231. The van der Waals surface area contributed by atoms with Crippen LogP contribution in [0.5, 0.6) is 0 Å². The topological polar surface area (TPSA) is 71.2 Å². The van der Waals surface area contributed by atoms with E-state index in [-0.39, 0.29) is 0 Å². The van der Waals surface area contributed by atoms with E-state index in [0.717, 1.165) is 16.5 Å². The van der Waals surface area contributed by atoms with Gasteiger partial charge in [0.15, 0.2) is 0 Å². The molecule has 18 heavy (non-hydrogen) atoms. The SMILES string of the molecule is COC(=O)[C@@H](Cc1c[nH]c2ccccc12)NC=O. The molecule has 1 heterocycles. The van der Waals surface area contributed by atoms with Gasteiger partial charge in [0.1, 0.15) is 6.04 Å². The van der Waals surface area contributed by atoms with E-state index in [9.17, 15) is 9.59 Å². The molecule has 1 aromatic heterocycles. The molecular formula is C13H14N2O3. The van der Waals surface area contributed by atoms with E-state index in [1.54, 1.807) is 0 Å². The predicted octanol–water partition coefficient (Wildman–Crippen LogP) is 0.998. The highest BCUT2D eigenvalue weighted by Crippen LogP contribution is 2.19. The van der Waals surface area contributed by atoms with Crippen LogP contribution in [0.3, 0.4) is 0 Å². The van der Waals surface area contributed by atoms with E-state index in [1.807, 2.05) is 30.5 Å². The average Bonchev–Trinajstić information content (AvgIpc) is 2.81. The van der Waals surface area contributed by atoms with E-state index in [4.69, 9.17) is 0 Å². The van der Waals surface area contributed by atoms with Gasteiger partial charge >= 0.3 is 5.97 Å². The molecule has 0 aliphatic rings. The lowest BCUT2D eigenvalue weighted by atomic mass is 10.1. The number of esters is 1. The summed E-state index contributed by atoms with van der Waals surface area (Å²) < 4.78 is 4.66. The number of aromatic amines is 1. The molecule has 5 heteroatoms. The molecule has 0 saturated carbocycles. The molecule has 0 aliphatic carbocycles. The molecule has 0 aliphatic heterocycles. The molecule has 0 saturated heterocycles. The molecule has 0 radical (unpaired) electrons. The Morgan fingerprint density at radius 1 is 1.50 bits per heavy atom. The van der Waals surface area contributed by atoms with Gasteiger partial charge in [0.25, 0.3) is 0 Å². The number of carbonyl (C=O) groups excluding carboxylic acids is 2. The fourth-order valence-corrected chi connectivity index (χ4v) is 1.96. The van der Waals surface area contributed by atoms with Gasteiger partial charge in [-0.25, -0.2) is 4.79 Å². The Labute approximate surface area is 104 Å². The third kappa shape index (κ3) is 2.34. The molecule has 1 aromatic carbocycles. The van der Waals surface area contributed by atoms with Crippen molar-refractivity contribution in [1.82, 2.24) is 10.3 Å². The van der Waals surface area contributed by atoms with E-state index in [1.165, 1.54) is 7.11 Å². The monoisotopic (exact) mass is 246 g/mol. The summed E-state index contributed by atoms with van der Waals surface area (Å²) in [4.78, 5) is 25.1. The number of para-hydroxylation sites is 1. The zero-order valence-electron chi connectivity index (χ0n) is 9.97. The lowest BCUT2D eigenvalue weighted by Gasteiger charge is -2.12. The molecule has 0 unspecified atom stereocenters. The second-order valence-electron chi connectivity index (χ2n) is 3.92. The molecule has 2 rings (SSSR count). The maximum atomic E-state index is 11.5. The molecule has 5 nitrogen and oxygen atoms in total. The van der Waals surface area contributed by atoms with Gasteiger partial charge in [0.05, 0.1) is 7.11 Å². The smallest absolute Gasteiger partial charge is 0.328 e. The van der Waals surface area contributed by atoms with E-state index in [2.05, 4.69) is 15.0 Å². The van der Waals surface area contributed by atoms with Crippen molar-refractivity contribution in [3.63, 3.8) is 0 Å². The van der Waals surface area contributed by atoms with Gasteiger partial charge in [0.2, 0.25) is 6.41 Å². The number of ether oxygens (including phenoxy) is 1. The molecule has 2 aromatic rings. The minimum Gasteiger partial charge on any atom is -0.467 e. The summed E-state index contributed by atoms with van der Waals surface area (Å²) in [6, 6.07) is 7.13. The van der Waals surface area contributed by atoms with Gasteiger partial charge in [-0.2, -0.15) is 0 Å². The second kappa shape index (κ2) is 5.35. The molecule has 94 valence electrons. The number of carbonyl (C=O) groups is 2. The summed E-state index contributed by atoms with van der Waals surface area (Å²) in [6.45, 7) is 0. The highest BCUT2D eigenvalue weighted by Gasteiger charge is 2.20. The predicted molar refractivity (Wildman–Crippen MR) is 67.0 cm³/mol. The van der Waals surface area contributed by atoms with Crippen LogP contribution < -0.4 is 5.32 Å². The van der Waals surface area contributed by atoms with Crippen molar-refractivity contribution >= 4 is 23.3 Å². The normalized spacial score (nSPS) is 12.1. The standard InChI is InChI=1S/C13H14N2O3/c1-18-13(17)12(15-8-16)6-9-7-14-11-5-3-2-4-10(9)11/h2-5,7-8,12,14H,6H2,1H3,(H,15,16)/t12-/m1/s1. The highest BCUT2D eigenvalue weighted by atomic mass is 16.5. The van der Waals surface area contributed by atoms with Crippen LogP contribution in [0.15, 0.2) is 30.5 Å². The van der Waals surface area contributed by atoms with Crippen molar-refractivity contribution in [2.45, 2.75) is 12.5 Å². The Hall–Kier alpha value is -2.30. The molecular weight excluding hydrogens is 232 g/mol. The minimum atomic E-state index is -0.660. The molecule has 0 spiro atoms. The van der Waals surface area contributed by atoms with Gasteiger partial charge < -0.3 is 15.0 Å². The molecule has 2 N–H and O–H groups in total. The van der Waals surface area contributed by atoms with E-state index < -0.39 is 12.0 Å². The largest absolute Gasteiger partial charge is 0.467 e. The van der Waals surface area contributed by atoms with Gasteiger partial charge in [0, 0.05) is 23.5 Å². The lowest BCUT2D eigenvalue weighted by molar-refractivity contribution is -0.144. The van der Waals surface area contributed by atoms with Crippen LogP contribution in [-0.4, -0.2) is 30.5 Å². The number of nitrogens with one attached hydrogen (secondary N) is 2. The zero-order valence-corrected chi connectivity index (χ0v) is 9.97. The first kappa shape index (κ1) is 12.2. The highest BCUT2D eigenvalue weighted by molar-refractivity contribution is 5.85.